The molecule has 0 saturated carbocycles. The van der Waals surface area contributed by atoms with Crippen molar-refractivity contribution in [3.8, 4) is 5.75 Å². The van der Waals surface area contributed by atoms with Gasteiger partial charge < -0.3 is 5.11 Å². The SMILES string of the molecule is CC.CC.CC.CC(=O)c1ccc(C)cc1.CCCC(C)CCc1ccc(O)cc1C(C)(C)C. The average Bonchev–Trinajstić information content (AvgIpc) is 2.82. The van der Waals surface area contributed by atoms with Gasteiger partial charge in [-0.1, -0.05) is 125 Å². The molecule has 0 bridgehead atoms. The molecule has 2 heteroatoms. The summed E-state index contributed by atoms with van der Waals surface area (Å²) in [7, 11) is 0. The predicted octanol–water partition coefficient (Wildman–Crippen LogP) is 10.3. The van der Waals surface area contributed by atoms with Crippen LogP contribution in [-0.4, -0.2) is 10.9 Å². The zero-order valence-electron chi connectivity index (χ0n) is 24.8. The van der Waals surface area contributed by atoms with E-state index in [0.717, 1.165) is 17.9 Å². The largest absolute Gasteiger partial charge is 0.508 e. The summed E-state index contributed by atoms with van der Waals surface area (Å²) in [6.07, 6.45) is 4.93. The molecule has 0 amide bonds. The van der Waals surface area contributed by atoms with Crippen molar-refractivity contribution in [1.82, 2.24) is 0 Å². The van der Waals surface area contributed by atoms with E-state index in [9.17, 15) is 9.90 Å². The summed E-state index contributed by atoms with van der Waals surface area (Å²) in [5.74, 6) is 1.29. The van der Waals surface area contributed by atoms with Crippen molar-refractivity contribution >= 4 is 5.78 Å². The normalized spacial score (nSPS) is 10.5. The Kier molecular flexibility index (Phi) is 23.0. The molecule has 0 aromatic heterocycles. The number of hydrogen-bond donors (Lipinski definition) is 1. The molecule has 1 unspecified atom stereocenters. The highest BCUT2D eigenvalue weighted by Crippen LogP contribution is 2.30. The van der Waals surface area contributed by atoms with Crippen molar-refractivity contribution in [3.63, 3.8) is 0 Å². The number of aromatic hydroxyl groups is 1. The van der Waals surface area contributed by atoms with Crippen LogP contribution in [0, 0.1) is 12.8 Å². The third-order valence-electron chi connectivity index (χ3n) is 5.05. The molecule has 0 radical (unpaired) electrons. The lowest BCUT2D eigenvalue weighted by atomic mass is 9.81. The number of aryl methyl sites for hydroxylation is 2. The van der Waals surface area contributed by atoms with Crippen LogP contribution in [-0.2, 0) is 11.8 Å². The summed E-state index contributed by atoms with van der Waals surface area (Å²) in [4.78, 5) is 10.8. The number of Topliss-reactive ketones (excluding diaryl/α,β-unsaturated/α-hetero) is 1. The van der Waals surface area contributed by atoms with Gasteiger partial charge >= 0.3 is 0 Å². The van der Waals surface area contributed by atoms with Crippen LogP contribution in [0.2, 0.25) is 0 Å². The minimum atomic E-state index is 0.0993. The highest BCUT2D eigenvalue weighted by atomic mass is 16.3. The van der Waals surface area contributed by atoms with Crippen LogP contribution >= 0.6 is 0 Å². The lowest BCUT2D eigenvalue weighted by Gasteiger charge is -2.24. The summed E-state index contributed by atoms with van der Waals surface area (Å²) in [6.45, 7) is 26.8. The van der Waals surface area contributed by atoms with Gasteiger partial charge in [-0.15, -0.1) is 0 Å². The van der Waals surface area contributed by atoms with E-state index in [2.05, 4.69) is 40.7 Å². The molecule has 2 nitrogen and oxygen atoms in total. The molecule has 0 heterocycles. The van der Waals surface area contributed by atoms with Gasteiger partial charge in [0.2, 0.25) is 0 Å². The lowest BCUT2D eigenvalue weighted by Crippen LogP contribution is -2.14. The zero-order valence-corrected chi connectivity index (χ0v) is 24.8. The van der Waals surface area contributed by atoms with Gasteiger partial charge in [0, 0.05) is 5.56 Å². The number of carbonyl (C=O) groups excluding carboxylic acids is 1. The van der Waals surface area contributed by atoms with Gasteiger partial charge in [0.05, 0.1) is 0 Å². The summed E-state index contributed by atoms with van der Waals surface area (Å²) in [5, 5.41) is 9.66. The Morgan fingerprint density at radius 1 is 0.882 bits per heavy atom. The third kappa shape index (κ3) is 16.5. The highest BCUT2D eigenvalue weighted by molar-refractivity contribution is 5.93. The number of benzene rings is 2. The van der Waals surface area contributed by atoms with E-state index in [1.165, 1.54) is 36.0 Å². The molecule has 2 aromatic rings. The molecule has 1 N–H and O–H groups in total. The van der Waals surface area contributed by atoms with Crippen LogP contribution in [0.25, 0.3) is 0 Å². The first-order valence-electron chi connectivity index (χ1n) is 13.4. The van der Waals surface area contributed by atoms with E-state index in [1.807, 2.05) is 84.9 Å². The first kappa shape index (κ1) is 36.5. The molecule has 2 rings (SSSR count). The number of hydrogen-bond acceptors (Lipinski definition) is 2. The standard InChI is InChI=1S/C17H28O.C9H10O.3C2H6/c1-6-7-13(2)8-9-14-10-11-15(18)12-16(14)17(3,4)5;1-7-3-5-9(6-4-7)8(2)10;3*1-2/h10-13,18H,6-9H2,1-5H3;3-6H,1-2H3;3*1-2H3. The van der Waals surface area contributed by atoms with Crippen molar-refractivity contribution in [2.45, 2.75) is 121 Å². The van der Waals surface area contributed by atoms with Gasteiger partial charge in [0.1, 0.15) is 5.75 Å². The maximum Gasteiger partial charge on any atom is 0.159 e. The second kappa shape index (κ2) is 21.4. The first-order valence-corrected chi connectivity index (χ1v) is 13.4. The van der Waals surface area contributed by atoms with Crippen molar-refractivity contribution < 1.29 is 9.90 Å². The summed E-state index contributed by atoms with van der Waals surface area (Å²) in [6, 6.07) is 13.4. The van der Waals surface area contributed by atoms with Gasteiger partial charge in [-0.3, -0.25) is 4.79 Å². The second-order valence-corrected chi connectivity index (χ2v) is 8.95. The fraction of sp³-hybridized carbons (Fsp3) is 0.594. The summed E-state index contributed by atoms with van der Waals surface area (Å²) in [5.41, 5.74) is 4.74. The minimum Gasteiger partial charge on any atom is -0.508 e. The van der Waals surface area contributed by atoms with Crippen LogP contribution in [0.5, 0.6) is 5.75 Å². The molecule has 34 heavy (non-hydrogen) atoms. The quantitative estimate of drug-likeness (QED) is 0.424. The molecule has 0 spiro atoms. The molecule has 0 aliphatic rings. The Morgan fingerprint density at radius 2 is 1.38 bits per heavy atom. The zero-order chi connectivity index (χ0) is 27.3. The number of phenols is 1. The molecular weight excluding hydrogens is 416 g/mol. The van der Waals surface area contributed by atoms with E-state index in [4.69, 9.17) is 0 Å². The fourth-order valence-electron chi connectivity index (χ4n) is 3.31. The second-order valence-electron chi connectivity index (χ2n) is 8.95. The van der Waals surface area contributed by atoms with E-state index < -0.39 is 0 Å². The van der Waals surface area contributed by atoms with Gasteiger partial charge in [-0.05, 0) is 61.3 Å². The Labute approximate surface area is 213 Å². The number of carbonyl (C=O) groups is 1. The molecular formula is C32H56O2. The van der Waals surface area contributed by atoms with Crippen molar-refractivity contribution in [2.24, 2.45) is 5.92 Å². The Bertz CT molecular complexity index is 737. The van der Waals surface area contributed by atoms with Gasteiger partial charge in [0.25, 0.3) is 0 Å². The number of rotatable bonds is 6. The Hall–Kier alpha value is -2.09. The van der Waals surface area contributed by atoms with E-state index in [-0.39, 0.29) is 11.2 Å². The molecule has 2 aromatic carbocycles. The highest BCUT2D eigenvalue weighted by Gasteiger charge is 2.18. The van der Waals surface area contributed by atoms with Gasteiger partial charge in [0.15, 0.2) is 5.78 Å². The molecule has 0 aliphatic heterocycles. The molecule has 1 atom stereocenters. The monoisotopic (exact) mass is 472 g/mol. The van der Waals surface area contributed by atoms with E-state index in [0.29, 0.717) is 5.75 Å². The first-order chi connectivity index (χ1) is 16.0. The molecule has 0 fully saturated rings. The van der Waals surface area contributed by atoms with Crippen molar-refractivity contribution in [1.29, 1.82) is 0 Å². The summed E-state index contributed by atoms with van der Waals surface area (Å²) < 4.78 is 0. The average molecular weight is 473 g/mol. The van der Waals surface area contributed by atoms with Crippen molar-refractivity contribution in [3.05, 3.63) is 64.7 Å². The third-order valence-corrected chi connectivity index (χ3v) is 5.05. The molecule has 0 aliphatic carbocycles. The van der Waals surface area contributed by atoms with Crippen LogP contribution in [0.1, 0.15) is 129 Å². The van der Waals surface area contributed by atoms with Crippen LogP contribution < -0.4 is 0 Å². The smallest absolute Gasteiger partial charge is 0.159 e. The van der Waals surface area contributed by atoms with E-state index in [1.54, 1.807) is 6.92 Å². The lowest BCUT2D eigenvalue weighted by molar-refractivity contribution is 0.101. The Morgan fingerprint density at radius 3 is 1.79 bits per heavy atom. The Balaban J connectivity index is -0.000000507. The fourth-order valence-corrected chi connectivity index (χ4v) is 3.31. The van der Waals surface area contributed by atoms with Crippen LogP contribution in [0.3, 0.4) is 0 Å². The van der Waals surface area contributed by atoms with Crippen LogP contribution in [0.15, 0.2) is 42.5 Å². The number of phenolic OH excluding ortho intramolecular Hbond substituents is 1. The number of ketones is 1. The maximum absolute atomic E-state index is 10.8. The minimum absolute atomic E-state index is 0.0993. The molecule has 196 valence electrons. The van der Waals surface area contributed by atoms with Gasteiger partial charge in [-0.2, -0.15) is 0 Å². The van der Waals surface area contributed by atoms with E-state index >= 15 is 0 Å². The summed E-state index contributed by atoms with van der Waals surface area (Å²) >= 11 is 0. The topological polar surface area (TPSA) is 37.3 Å². The van der Waals surface area contributed by atoms with Crippen LogP contribution in [0.4, 0.5) is 0 Å². The molecule has 0 saturated heterocycles. The van der Waals surface area contributed by atoms with Crippen molar-refractivity contribution in [2.75, 3.05) is 0 Å². The van der Waals surface area contributed by atoms with Gasteiger partial charge in [-0.25, -0.2) is 0 Å². The predicted molar refractivity (Wildman–Crippen MR) is 154 cm³/mol. The maximum atomic E-state index is 10.8.